The molecule has 0 amide bonds. The Labute approximate surface area is 114 Å². The monoisotopic (exact) mass is 284 g/mol. The Morgan fingerprint density at radius 1 is 0.944 bits per heavy atom. The van der Waals surface area contributed by atoms with Crippen molar-refractivity contribution in [3.8, 4) is 0 Å². The summed E-state index contributed by atoms with van der Waals surface area (Å²) in [6.07, 6.45) is 0. The first-order chi connectivity index (χ1) is 8.05. The van der Waals surface area contributed by atoms with Gasteiger partial charge in [-0.05, 0) is 33.0 Å². The van der Waals surface area contributed by atoms with Gasteiger partial charge in [0.25, 0.3) is 0 Å². The Morgan fingerprint density at radius 2 is 1.39 bits per heavy atom. The minimum Gasteiger partial charge on any atom is -0.383 e. The van der Waals surface area contributed by atoms with Gasteiger partial charge in [0.05, 0.1) is 0 Å². The van der Waals surface area contributed by atoms with E-state index in [4.69, 9.17) is 4.43 Å². The normalized spacial score (nSPS) is 29.3. The van der Waals surface area contributed by atoms with Crippen LogP contribution in [0.5, 0.6) is 0 Å². The van der Waals surface area contributed by atoms with Crippen LogP contribution in [-0.2, 0) is 4.43 Å². The Balaban J connectivity index is 2.52. The molecule has 0 unspecified atom stereocenters. The molecule has 0 radical (unpaired) electrons. The average molecular weight is 285 g/mol. The smallest absolute Gasteiger partial charge is 0.191 e. The molecule has 2 aliphatic rings. The van der Waals surface area contributed by atoms with Crippen LogP contribution in [0.4, 0.5) is 0 Å². The second-order valence-corrected chi connectivity index (χ2v) is 16.3. The van der Waals surface area contributed by atoms with E-state index in [-0.39, 0.29) is 5.47 Å². The fourth-order valence-corrected chi connectivity index (χ4v) is 14.0. The summed E-state index contributed by atoms with van der Waals surface area (Å²) in [5, 5.41) is 0. The number of nitrogens with zero attached hydrogens (tertiary/aromatic N) is 2. The summed E-state index contributed by atoms with van der Waals surface area (Å²) >= 11 is 0. The molecule has 2 aliphatic heterocycles. The molecule has 0 saturated carbocycles. The molecule has 0 aromatic carbocycles. The van der Waals surface area contributed by atoms with Crippen LogP contribution in [0.2, 0.25) is 38.3 Å². The Kier molecular flexibility index (Phi) is 3.04. The summed E-state index contributed by atoms with van der Waals surface area (Å²) in [4.78, 5) is 4.84. The summed E-state index contributed by atoms with van der Waals surface area (Å²) in [6, 6.07) is 2.69. The van der Waals surface area contributed by atoms with E-state index in [1.807, 2.05) is 0 Å². The second-order valence-electron chi connectivity index (χ2n) is 7.14. The Bertz CT molecular complexity index is 386. The molecule has 1 spiro atoms. The number of rotatable bonds is 0. The van der Waals surface area contributed by atoms with Crippen LogP contribution in [-0.4, -0.2) is 45.8 Å². The Morgan fingerprint density at radius 3 is 1.83 bits per heavy atom. The summed E-state index contributed by atoms with van der Waals surface area (Å²) in [7, 11) is 1.41. The van der Waals surface area contributed by atoms with Gasteiger partial charge in [-0.25, -0.2) is 0 Å². The van der Waals surface area contributed by atoms with Gasteiger partial charge >= 0.3 is 0 Å². The highest BCUT2D eigenvalue weighted by Gasteiger charge is 2.62. The molecule has 0 bridgehead atoms. The van der Waals surface area contributed by atoms with Crippen molar-refractivity contribution < 1.29 is 4.43 Å². The molecule has 5 heteroatoms. The fourth-order valence-electron chi connectivity index (χ4n) is 3.56. The maximum Gasteiger partial charge on any atom is 0.191 e. The topological polar surface area (TPSA) is 15.7 Å². The zero-order chi connectivity index (χ0) is 13.9. The van der Waals surface area contributed by atoms with Crippen LogP contribution in [0.3, 0.4) is 0 Å². The second kappa shape index (κ2) is 3.87. The zero-order valence-electron chi connectivity index (χ0n) is 13.2. The first kappa shape index (κ1) is 14.1. The van der Waals surface area contributed by atoms with Gasteiger partial charge in [0.1, 0.15) is 8.07 Å². The standard InChI is InChI=1S/C13H28N2OSi2/c1-11-12(2)15(4)13(14(11)3)16-18(7,8)10-9-17(13,5)6/h9-10H2,1-8H3. The number of allylic oxidation sites excluding steroid dienone is 2. The molecule has 2 rings (SSSR count). The van der Waals surface area contributed by atoms with E-state index in [0.717, 1.165) is 0 Å². The molecular weight excluding hydrogens is 256 g/mol. The summed E-state index contributed by atoms with van der Waals surface area (Å²) < 4.78 is 6.81. The highest BCUT2D eigenvalue weighted by molar-refractivity contribution is 6.85. The third-order valence-corrected chi connectivity index (χ3v) is 12.1. The first-order valence-electron chi connectivity index (χ1n) is 6.90. The molecule has 1 fully saturated rings. The van der Waals surface area contributed by atoms with Crippen molar-refractivity contribution in [2.24, 2.45) is 0 Å². The van der Waals surface area contributed by atoms with Crippen molar-refractivity contribution in [3.05, 3.63) is 11.4 Å². The molecule has 1 saturated heterocycles. The average Bonchev–Trinajstić information content (AvgIpc) is 2.42. The molecule has 0 aliphatic carbocycles. The van der Waals surface area contributed by atoms with Gasteiger partial charge < -0.3 is 14.2 Å². The summed E-state index contributed by atoms with van der Waals surface area (Å²) in [5.74, 6) is 0. The lowest BCUT2D eigenvalue weighted by Crippen LogP contribution is -2.74. The predicted molar refractivity (Wildman–Crippen MR) is 82.3 cm³/mol. The van der Waals surface area contributed by atoms with E-state index in [1.165, 1.54) is 23.5 Å². The summed E-state index contributed by atoms with van der Waals surface area (Å²) in [5.41, 5.74) is 2.59. The van der Waals surface area contributed by atoms with Crippen LogP contribution >= 0.6 is 0 Å². The van der Waals surface area contributed by atoms with Gasteiger partial charge in [0.2, 0.25) is 0 Å². The molecule has 18 heavy (non-hydrogen) atoms. The first-order valence-corrected chi connectivity index (χ1v) is 13.2. The van der Waals surface area contributed by atoms with Crippen LogP contribution in [0.1, 0.15) is 13.8 Å². The molecule has 3 nitrogen and oxygen atoms in total. The van der Waals surface area contributed by atoms with Gasteiger partial charge in [-0.3, -0.25) is 0 Å². The predicted octanol–water partition coefficient (Wildman–Crippen LogP) is 3.25. The van der Waals surface area contributed by atoms with Crippen molar-refractivity contribution in [2.45, 2.75) is 57.6 Å². The van der Waals surface area contributed by atoms with Gasteiger partial charge in [-0.1, -0.05) is 19.1 Å². The zero-order valence-corrected chi connectivity index (χ0v) is 15.2. The van der Waals surface area contributed by atoms with Gasteiger partial charge in [-0.15, -0.1) is 0 Å². The maximum atomic E-state index is 6.81. The van der Waals surface area contributed by atoms with Crippen LogP contribution in [0, 0.1) is 0 Å². The third-order valence-electron chi connectivity index (χ3n) is 5.09. The van der Waals surface area contributed by atoms with E-state index >= 15 is 0 Å². The van der Waals surface area contributed by atoms with Crippen molar-refractivity contribution in [2.75, 3.05) is 14.1 Å². The van der Waals surface area contributed by atoms with E-state index in [0.29, 0.717) is 0 Å². The van der Waals surface area contributed by atoms with Crippen molar-refractivity contribution in [3.63, 3.8) is 0 Å². The largest absolute Gasteiger partial charge is 0.383 e. The van der Waals surface area contributed by atoms with Gasteiger partial charge in [-0.2, -0.15) is 0 Å². The SMILES string of the molecule is CC1=C(C)N(C)C2(O[Si](C)(C)CC[Si]2(C)C)N1C. The highest BCUT2D eigenvalue weighted by atomic mass is 28.4. The van der Waals surface area contributed by atoms with Crippen molar-refractivity contribution in [1.29, 1.82) is 0 Å². The maximum absolute atomic E-state index is 6.81. The fraction of sp³-hybridized carbons (Fsp3) is 0.846. The summed E-state index contributed by atoms with van der Waals surface area (Å²) in [6.45, 7) is 14.1. The quantitative estimate of drug-likeness (QED) is 0.635. The van der Waals surface area contributed by atoms with E-state index in [1.54, 1.807) is 0 Å². The minimum atomic E-state index is -1.53. The lowest BCUT2D eigenvalue weighted by atomic mass is 10.4. The minimum absolute atomic E-state index is 0.144. The lowest BCUT2D eigenvalue weighted by molar-refractivity contribution is -0.0768. The molecule has 0 aromatic heterocycles. The van der Waals surface area contributed by atoms with Crippen molar-refractivity contribution in [1.82, 2.24) is 9.80 Å². The highest BCUT2D eigenvalue weighted by Crippen LogP contribution is 2.49. The number of hydrogen-bond donors (Lipinski definition) is 0. The lowest BCUT2D eigenvalue weighted by Gasteiger charge is -2.58. The molecule has 2 heterocycles. The van der Waals surface area contributed by atoms with E-state index in [2.05, 4.69) is 63.9 Å². The van der Waals surface area contributed by atoms with Gasteiger partial charge in [0, 0.05) is 25.5 Å². The Hall–Kier alpha value is -0.266. The van der Waals surface area contributed by atoms with E-state index < -0.39 is 16.4 Å². The van der Waals surface area contributed by atoms with Crippen LogP contribution in [0.25, 0.3) is 0 Å². The van der Waals surface area contributed by atoms with Crippen molar-refractivity contribution >= 4 is 16.4 Å². The molecular formula is C13H28N2OSi2. The van der Waals surface area contributed by atoms with Crippen LogP contribution < -0.4 is 0 Å². The molecule has 0 aromatic rings. The molecule has 0 N–H and O–H groups in total. The van der Waals surface area contributed by atoms with E-state index in [9.17, 15) is 0 Å². The van der Waals surface area contributed by atoms with Gasteiger partial charge in [0.15, 0.2) is 13.8 Å². The number of hydrogen-bond acceptors (Lipinski definition) is 3. The van der Waals surface area contributed by atoms with Crippen LogP contribution in [0.15, 0.2) is 11.4 Å². The molecule has 104 valence electrons. The molecule has 0 atom stereocenters. The third kappa shape index (κ3) is 1.63.